The Hall–Kier alpha value is -3.88. The van der Waals surface area contributed by atoms with Crippen molar-refractivity contribution in [3.05, 3.63) is 77.5 Å². The van der Waals surface area contributed by atoms with Crippen molar-refractivity contribution in [2.45, 2.75) is 57.8 Å². The smallest absolute Gasteiger partial charge is 0.257 e. The summed E-state index contributed by atoms with van der Waals surface area (Å²) in [6, 6.07) is 11.3. The van der Waals surface area contributed by atoms with Crippen LogP contribution in [0.1, 0.15) is 55.2 Å². The van der Waals surface area contributed by atoms with Gasteiger partial charge >= 0.3 is 0 Å². The maximum Gasteiger partial charge on any atom is 0.257 e. The molecule has 0 spiro atoms. The fourth-order valence-corrected chi connectivity index (χ4v) is 4.49. The molecular formula is C28H30F2N4O3. The van der Waals surface area contributed by atoms with Gasteiger partial charge in [-0.15, -0.1) is 0 Å². The second-order valence-corrected chi connectivity index (χ2v) is 10.1. The number of rotatable bonds is 8. The van der Waals surface area contributed by atoms with E-state index in [0.717, 1.165) is 5.56 Å². The number of hydrogen-bond acceptors (Lipinski definition) is 5. The van der Waals surface area contributed by atoms with Gasteiger partial charge in [0.2, 0.25) is 5.91 Å². The van der Waals surface area contributed by atoms with Crippen LogP contribution in [0.4, 0.5) is 8.78 Å². The molecule has 3 aromatic rings. The molecule has 1 atom stereocenters. The van der Waals surface area contributed by atoms with Crippen molar-refractivity contribution in [2.75, 3.05) is 6.54 Å². The van der Waals surface area contributed by atoms with Crippen LogP contribution in [0.15, 0.2) is 54.9 Å². The van der Waals surface area contributed by atoms with Gasteiger partial charge in [0.05, 0.1) is 17.5 Å². The minimum absolute atomic E-state index is 0.119. The minimum Gasteiger partial charge on any atom is -0.487 e. The molecule has 1 aliphatic rings. The molecule has 2 amide bonds. The molecular weight excluding hydrogens is 478 g/mol. The first-order chi connectivity index (χ1) is 17.5. The summed E-state index contributed by atoms with van der Waals surface area (Å²) in [6.07, 6.45) is 4.44. The monoisotopic (exact) mass is 508 g/mol. The molecule has 0 unspecified atom stereocenters. The molecule has 37 heavy (non-hydrogen) atoms. The van der Waals surface area contributed by atoms with E-state index in [1.54, 1.807) is 37.4 Å². The van der Waals surface area contributed by atoms with Crippen molar-refractivity contribution >= 4 is 11.8 Å². The van der Waals surface area contributed by atoms with E-state index in [-0.39, 0.29) is 18.6 Å². The predicted molar refractivity (Wildman–Crippen MR) is 135 cm³/mol. The standard InChI is InChI=1S/C28H30F2N4O3/c1-27(2,30)15-20-13-18(9-11-32-20)17-37-21-6-8-24(33-16-21)19-5-7-22(23(29)14-19)25(35)34-12-4-10-28(34,3)26(31)36/h5-9,11,13-14,16H,4,10,12,15,17H2,1-3H3,(H2,31,36)/t28-/m0/s1. The van der Waals surface area contributed by atoms with Crippen LogP contribution in [-0.4, -0.2) is 44.4 Å². The number of aromatic nitrogens is 2. The molecule has 0 bridgehead atoms. The highest BCUT2D eigenvalue weighted by molar-refractivity contribution is 5.99. The fraction of sp³-hybridized carbons (Fsp3) is 0.357. The molecule has 1 aliphatic heterocycles. The quantitative estimate of drug-likeness (QED) is 0.478. The number of carbonyl (C=O) groups excluding carboxylic acids is 2. The van der Waals surface area contributed by atoms with Crippen molar-refractivity contribution in [1.82, 2.24) is 14.9 Å². The highest BCUT2D eigenvalue weighted by Gasteiger charge is 2.45. The van der Waals surface area contributed by atoms with Gasteiger partial charge in [0.25, 0.3) is 5.91 Å². The highest BCUT2D eigenvalue weighted by atomic mass is 19.1. The Morgan fingerprint density at radius 1 is 1.16 bits per heavy atom. The SMILES string of the molecule is CC(C)(F)Cc1cc(COc2ccc(-c3ccc(C(=O)N4CCC[C@@]4(C)C(N)=O)c(F)c3)nc2)ccn1. The summed E-state index contributed by atoms with van der Waals surface area (Å²) >= 11 is 0. The fourth-order valence-electron chi connectivity index (χ4n) is 4.49. The Morgan fingerprint density at radius 3 is 2.59 bits per heavy atom. The van der Waals surface area contributed by atoms with Gasteiger partial charge < -0.3 is 15.4 Å². The van der Waals surface area contributed by atoms with Crippen molar-refractivity contribution in [2.24, 2.45) is 5.73 Å². The molecule has 0 aliphatic carbocycles. The molecule has 2 N–H and O–H groups in total. The lowest BCUT2D eigenvalue weighted by Crippen LogP contribution is -2.54. The van der Waals surface area contributed by atoms with E-state index >= 15 is 0 Å². The van der Waals surface area contributed by atoms with Crippen LogP contribution in [0, 0.1) is 5.82 Å². The van der Waals surface area contributed by atoms with Gasteiger partial charge in [0.15, 0.2) is 0 Å². The van der Waals surface area contributed by atoms with Crippen LogP contribution < -0.4 is 10.5 Å². The van der Waals surface area contributed by atoms with Gasteiger partial charge in [-0.1, -0.05) is 6.07 Å². The normalized spacial score (nSPS) is 17.6. The van der Waals surface area contributed by atoms with E-state index in [4.69, 9.17) is 10.5 Å². The van der Waals surface area contributed by atoms with E-state index in [0.29, 0.717) is 42.1 Å². The average Bonchev–Trinajstić information content (AvgIpc) is 3.25. The summed E-state index contributed by atoms with van der Waals surface area (Å²) in [5.41, 5.74) is 5.41. The van der Waals surface area contributed by atoms with Gasteiger partial charge in [0.1, 0.15) is 29.4 Å². The van der Waals surface area contributed by atoms with Crippen LogP contribution in [0.25, 0.3) is 11.3 Å². The summed E-state index contributed by atoms with van der Waals surface area (Å²) in [4.78, 5) is 34.8. The molecule has 3 heterocycles. The van der Waals surface area contributed by atoms with E-state index in [1.807, 2.05) is 6.07 Å². The first-order valence-corrected chi connectivity index (χ1v) is 12.1. The van der Waals surface area contributed by atoms with Gasteiger partial charge in [-0.3, -0.25) is 19.6 Å². The van der Waals surface area contributed by atoms with E-state index in [2.05, 4.69) is 9.97 Å². The lowest BCUT2D eigenvalue weighted by molar-refractivity contribution is -0.126. The molecule has 9 heteroatoms. The average molecular weight is 509 g/mol. The number of ether oxygens (including phenoxy) is 1. The van der Waals surface area contributed by atoms with Crippen LogP contribution in [0.2, 0.25) is 0 Å². The van der Waals surface area contributed by atoms with Gasteiger partial charge in [-0.25, -0.2) is 8.78 Å². The molecule has 1 fully saturated rings. The molecule has 7 nitrogen and oxygen atoms in total. The second-order valence-electron chi connectivity index (χ2n) is 10.1. The third-order valence-corrected chi connectivity index (χ3v) is 6.54. The van der Waals surface area contributed by atoms with Crippen molar-refractivity contribution in [1.29, 1.82) is 0 Å². The lowest BCUT2D eigenvalue weighted by atomic mass is 9.97. The number of nitrogens with two attached hydrogens (primary N) is 1. The summed E-state index contributed by atoms with van der Waals surface area (Å²) in [6.45, 7) is 5.23. The maximum absolute atomic E-state index is 15.0. The topological polar surface area (TPSA) is 98.4 Å². The predicted octanol–water partition coefficient (Wildman–Crippen LogP) is 4.63. The third-order valence-electron chi connectivity index (χ3n) is 6.54. The largest absolute Gasteiger partial charge is 0.487 e. The number of pyridine rings is 2. The van der Waals surface area contributed by atoms with E-state index < -0.39 is 28.8 Å². The Labute approximate surface area is 214 Å². The zero-order chi connectivity index (χ0) is 26.8. The number of benzene rings is 1. The van der Waals surface area contributed by atoms with Crippen LogP contribution >= 0.6 is 0 Å². The van der Waals surface area contributed by atoms with E-state index in [1.165, 1.54) is 37.1 Å². The Balaban J connectivity index is 1.43. The highest BCUT2D eigenvalue weighted by Crippen LogP contribution is 2.31. The minimum atomic E-state index is -1.35. The molecule has 194 valence electrons. The van der Waals surface area contributed by atoms with Crippen molar-refractivity contribution < 1.29 is 23.1 Å². The number of carbonyl (C=O) groups is 2. The van der Waals surface area contributed by atoms with Gasteiger partial charge in [-0.05, 0) is 75.6 Å². The zero-order valence-electron chi connectivity index (χ0n) is 21.1. The van der Waals surface area contributed by atoms with Crippen LogP contribution in [0.3, 0.4) is 0 Å². The molecule has 4 rings (SSSR count). The third kappa shape index (κ3) is 5.93. The van der Waals surface area contributed by atoms with Crippen LogP contribution in [-0.2, 0) is 17.8 Å². The Kier molecular flexibility index (Phi) is 7.25. The van der Waals surface area contributed by atoms with Gasteiger partial charge in [0, 0.05) is 30.4 Å². The lowest BCUT2D eigenvalue weighted by Gasteiger charge is -2.32. The summed E-state index contributed by atoms with van der Waals surface area (Å²) in [7, 11) is 0. The van der Waals surface area contributed by atoms with Crippen molar-refractivity contribution in [3.8, 4) is 17.0 Å². The number of likely N-dealkylation sites (tertiary alicyclic amines) is 1. The van der Waals surface area contributed by atoms with Crippen molar-refractivity contribution in [3.63, 3.8) is 0 Å². The van der Waals surface area contributed by atoms with Crippen LogP contribution in [0.5, 0.6) is 5.75 Å². The van der Waals surface area contributed by atoms with Gasteiger partial charge in [-0.2, -0.15) is 0 Å². The van der Waals surface area contributed by atoms with E-state index in [9.17, 15) is 18.4 Å². The maximum atomic E-state index is 15.0. The number of alkyl halides is 1. The number of hydrogen-bond donors (Lipinski definition) is 1. The molecule has 0 saturated carbocycles. The molecule has 1 saturated heterocycles. The summed E-state index contributed by atoms with van der Waals surface area (Å²) in [5, 5.41) is 0. The zero-order valence-corrected chi connectivity index (χ0v) is 21.1. The summed E-state index contributed by atoms with van der Waals surface area (Å²) in [5.74, 6) is -1.35. The molecule has 0 radical (unpaired) electrons. The number of halogens is 2. The second kappa shape index (κ2) is 10.2. The number of amides is 2. The first-order valence-electron chi connectivity index (χ1n) is 12.1. The first kappa shape index (κ1) is 26.2. The Bertz CT molecular complexity index is 1310. The summed E-state index contributed by atoms with van der Waals surface area (Å²) < 4.78 is 34.7. The molecule has 2 aromatic heterocycles. The number of primary amides is 1. The number of nitrogens with zero attached hydrogens (tertiary/aromatic N) is 3. The molecule has 1 aromatic carbocycles. The Morgan fingerprint density at radius 2 is 1.95 bits per heavy atom.